The van der Waals surface area contributed by atoms with Gasteiger partial charge in [0.05, 0.1) is 24.1 Å². The van der Waals surface area contributed by atoms with Gasteiger partial charge in [-0.1, -0.05) is 19.1 Å². The lowest BCUT2D eigenvalue weighted by atomic mass is 9.94. The maximum absolute atomic E-state index is 14.0. The molecule has 4 N–H and O–H groups in total. The molecule has 1 aliphatic heterocycles. The van der Waals surface area contributed by atoms with Crippen molar-refractivity contribution >= 4 is 33.8 Å². The second-order valence-electron chi connectivity index (χ2n) is 12.8. The molecule has 0 aromatic rings. The lowest BCUT2D eigenvalue weighted by Crippen LogP contribution is -2.59. The van der Waals surface area contributed by atoms with E-state index in [0.29, 0.717) is 25.9 Å². The molecule has 0 spiro atoms. The SMILES string of the molecule is C=CCOC(C)CC(C)C(NC(=O)OC(C)(C)C)C(=O)N1CC(O)CC1C(=O)NC1(C(=O)NS(=O)(=O)C2CC2)CC1C=C. The highest BCUT2D eigenvalue weighted by atomic mass is 32.2. The number of β-amino-alcohol motifs (C(OH)–C–C–N with tert-alkyl or cyclic N) is 1. The molecule has 0 bridgehead atoms. The van der Waals surface area contributed by atoms with Crippen LogP contribution < -0.4 is 15.4 Å². The highest BCUT2D eigenvalue weighted by Crippen LogP contribution is 2.45. The fourth-order valence-electron chi connectivity index (χ4n) is 5.35. The third kappa shape index (κ3) is 8.79. The number of nitrogens with one attached hydrogen (secondary N) is 3. The maximum atomic E-state index is 14.0. The average molecular weight is 627 g/mol. The highest BCUT2D eigenvalue weighted by Gasteiger charge is 2.62. The Morgan fingerprint density at radius 3 is 2.35 bits per heavy atom. The van der Waals surface area contributed by atoms with Crippen molar-refractivity contribution in [3.8, 4) is 0 Å². The molecular weight excluding hydrogens is 580 g/mol. The number of hydrogen-bond donors (Lipinski definition) is 4. The number of hydrogen-bond acceptors (Lipinski definition) is 9. The van der Waals surface area contributed by atoms with Crippen LogP contribution >= 0.6 is 0 Å². The maximum Gasteiger partial charge on any atom is 0.408 e. The minimum Gasteiger partial charge on any atom is -0.444 e. The first kappa shape index (κ1) is 34.5. The summed E-state index contributed by atoms with van der Waals surface area (Å²) in [4.78, 5) is 54.7. The van der Waals surface area contributed by atoms with Crippen LogP contribution in [0, 0.1) is 11.8 Å². The highest BCUT2D eigenvalue weighted by molar-refractivity contribution is 7.91. The monoisotopic (exact) mass is 626 g/mol. The van der Waals surface area contributed by atoms with E-state index in [-0.39, 0.29) is 25.5 Å². The van der Waals surface area contributed by atoms with Gasteiger partial charge in [0.2, 0.25) is 21.8 Å². The summed E-state index contributed by atoms with van der Waals surface area (Å²) in [5, 5.41) is 15.2. The first-order valence-electron chi connectivity index (χ1n) is 14.6. The fourth-order valence-corrected chi connectivity index (χ4v) is 6.71. The molecule has 7 atom stereocenters. The Hall–Kier alpha value is -2.97. The van der Waals surface area contributed by atoms with Crippen molar-refractivity contribution in [2.24, 2.45) is 11.8 Å². The van der Waals surface area contributed by atoms with E-state index in [2.05, 4.69) is 28.5 Å². The molecular formula is C29H46N4O9S. The zero-order valence-corrected chi connectivity index (χ0v) is 26.4. The van der Waals surface area contributed by atoms with E-state index in [9.17, 15) is 32.7 Å². The minimum absolute atomic E-state index is 0.110. The van der Waals surface area contributed by atoms with Crippen LogP contribution in [0.15, 0.2) is 25.3 Å². The van der Waals surface area contributed by atoms with E-state index < -0.39 is 80.3 Å². The summed E-state index contributed by atoms with van der Waals surface area (Å²) in [5.41, 5.74) is -2.37. The van der Waals surface area contributed by atoms with Crippen LogP contribution in [0.25, 0.3) is 0 Å². The minimum atomic E-state index is -3.87. The quantitative estimate of drug-likeness (QED) is 0.206. The number of aliphatic hydroxyl groups is 1. The summed E-state index contributed by atoms with van der Waals surface area (Å²) < 4.78 is 38.0. The van der Waals surface area contributed by atoms with Gasteiger partial charge < -0.3 is 30.1 Å². The summed E-state index contributed by atoms with van der Waals surface area (Å²) in [6, 6.07) is -2.31. The lowest BCUT2D eigenvalue weighted by Gasteiger charge is -2.33. The smallest absolute Gasteiger partial charge is 0.408 e. The number of nitrogens with zero attached hydrogens (tertiary/aromatic N) is 1. The fraction of sp³-hybridized carbons (Fsp3) is 0.724. The summed E-state index contributed by atoms with van der Waals surface area (Å²) >= 11 is 0. The molecule has 4 amide bonds. The van der Waals surface area contributed by atoms with Crippen LogP contribution in [0.5, 0.6) is 0 Å². The van der Waals surface area contributed by atoms with Crippen molar-refractivity contribution in [3.63, 3.8) is 0 Å². The Morgan fingerprint density at radius 1 is 1.16 bits per heavy atom. The van der Waals surface area contributed by atoms with Gasteiger partial charge in [0.15, 0.2) is 0 Å². The molecule has 3 fully saturated rings. The van der Waals surface area contributed by atoms with Crippen LogP contribution in [0.1, 0.15) is 66.7 Å². The molecule has 2 saturated carbocycles. The Morgan fingerprint density at radius 2 is 1.81 bits per heavy atom. The van der Waals surface area contributed by atoms with Crippen molar-refractivity contribution in [3.05, 3.63) is 25.3 Å². The molecule has 2 aliphatic carbocycles. The standard InChI is InChI=1S/C29H46N4O9S/c1-8-12-41-18(4)13-17(3)23(30-27(38)42-28(5,6)7)25(36)33-16-20(34)14-22(33)24(35)31-29(15-19(29)9-2)26(37)32-43(39,40)21-10-11-21/h8-9,17-23,34H,1-2,10-16H2,3-7H3,(H,30,38)(H,31,35)(H,32,37). The number of amides is 4. The molecule has 14 heteroatoms. The molecule has 0 radical (unpaired) electrons. The average Bonchev–Trinajstić information content (AvgIpc) is 3.81. The van der Waals surface area contributed by atoms with Gasteiger partial charge in [-0.15, -0.1) is 13.2 Å². The molecule has 43 heavy (non-hydrogen) atoms. The van der Waals surface area contributed by atoms with Crippen molar-refractivity contribution in [2.75, 3.05) is 13.2 Å². The molecule has 3 aliphatic rings. The Kier molecular flexibility index (Phi) is 10.7. The summed E-state index contributed by atoms with van der Waals surface area (Å²) in [6.07, 6.45) is 2.23. The number of rotatable bonds is 14. The summed E-state index contributed by atoms with van der Waals surface area (Å²) in [7, 11) is -3.87. The van der Waals surface area contributed by atoms with Gasteiger partial charge in [-0.05, 0) is 59.3 Å². The van der Waals surface area contributed by atoms with Gasteiger partial charge in [0.1, 0.15) is 23.2 Å². The predicted octanol–water partition coefficient (Wildman–Crippen LogP) is 1.13. The lowest BCUT2D eigenvalue weighted by molar-refractivity contribution is -0.142. The topological polar surface area (TPSA) is 180 Å². The molecule has 0 aromatic heterocycles. The Balaban J connectivity index is 1.81. The first-order valence-corrected chi connectivity index (χ1v) is 16.2. The van der Waals surface area contributed by atoms with E-state index in [1.165, 1.54) is 11.0 Å². The van der Waals surface area contributed by atoms with Gasteiger partial charge in [0, 0.05) is 18.9 Å². The molecule has 1 heterocycles. The van der Waals surface area contributed by atoms with Gasteiger partial charge in [0.25, 0.3) is 5.91 Å². The second-order valence-corrected chi connectivity index (χ2v) is 14.8. The predicted molar refractivity (Wildman–Crippen MR) is 158 cm³/mol. The van der Waals surface area contributed by atoms with E-state index in [1.54, 1.807) is 33.8 Å². The molecule has 1 saturated heterocycles. The van der Waals surface area contributed by atoms with Gasteiger partial charge in [-0.2, -0.15) is 0 Å². The molecule has 3 rings (SSSR count). The molecule has 7 unspecified atom stereocenters. The molecule has 242 valence electrons. The largest absolute Gasteiger partial charge is 0.444 e. The van der Waals surface area contributed by atoms with Gasteiger partial charge in [-0.3, -0.25) is 19.1 Å². The zero-order chi connectivity index (χ0) is 32.3. The third-order valence-corrected chi connectivity index (χ3v) is 9.64. The number of carbonyl (C=O) groups excluding carboxylic acids is 4. The van der Waals surface area contributed by atoms with E-state index in [0.717, 1.165) is 0 Å². The number of alkyl carbamates (subject to hydrolysis) is 1. The third-order valence-electron chi connectivity index (χ3n) is 7.82. The summed E-state index contributed by atoms with van der Waals surface area (Å²) in [5.74, 6) is -3.18. The normalized spacial score (nSPS) is 27.3. The van der Waals surface area contributed by atoms with Gasteiger partial charge >= 0.3 is 6.09 Å². The van der Waals surface area contributed by atoms with Crippen LogP contribution in [0.3, 0.4) is 0 Å². The molecule has 13 nitrogen and oxygen atoms in total. The zero-order valence-electron chi connectivity index (χ0n) is 25.6. The number of ether oxygens (including phenoxy) is 2. The van der Waals surface area contributed by atoms with Crippen LogP contribution in [0.4, 0.5) is 4.79 Å². The van der Waals surface area contributed by atoms with Crippen molar-refractivity contribution in [1.82, 2.24) is 20.3 Å². The van der Waals surface area contributed by atoms with Crippen molar-refractivity contribution in [1.29, 1.82) is 0 Å². The first-order chi connectivity index (χ1) is 19.9. The second kappa shape index (κ2) is 13.3. The number of likely N-dealkylation sites (tertiary alicyclic amines) is 1. The van der Waals surface area contributed by atoms with Gasteiger partial charge in [-0.25, -0.2) is 13.2 Å². The van der Waals surface area contributed by atoms with Crippen LogP contribution in [0.2, 0.25) is 0 Å². The van der Waals surface area contributed by atoms with E-state index >= 15 is 0 Å². The summed E-state index contributed by atoms with van der Waals surface area (Å²) in [6.45, 7) is 16.1. The number of aliphatic hydroxyl groups excluding tert-OH is 1. The van der Waals surface area contributed by atoms with Crippen molar-refractivity contribution in [2.45, 2.75) is 107 Å². The van der Waals surface area contributed by atoms with Crippen LogP contribution in [-0.4, -0.2) is 96.1 Å². The van der Waals surface area contributed by atoms with Crippen LogP contribution in [-0.2, 0) is 33.9 Å². The van der Waals surface area contributed by atoms with E-state index in [1.807, 2.05) is 6.92 Å². The molecule has 0 aromatic carbocycles. The number of carbonyl (C=O) groups is 4. The number of sulfonamides is 1. The van der Waals surface area contributed by atoms with E-state index in [4.69, 9.17) is 9.47 Å². The Labute approximate surface area is 253 Å². The Bertz CT molecular complexity index is 1210. The van der Waals surface area contributed by atoms with Crippen molar-refractivity contribution < 1.29 is 42.2 Å².